The molecule has 2 aromatic heterocycles. The molecule has 2 N–H and O–H groups in total. The minimum atomic E-state index is -0.962. The van der Waals surface area contributed by atoms with Crippen molar-refractivity contribution in [2.45, 2.75) is 18.9 Å². The Hall–Kier alpha value is -4.01. The van der Waals surface area contributed by atoms with Crippen molar-refractivity contribution in [1.82, 2.24) is 19.9 Å². The maximum atomic E-state index is 11.0. The fourth-order valence-electron chi connectivity index (χ4n) is 4.68. The molecule has 0 saturated carbocycles. The maximum Gasteiger partial charge on any atom is 0.404 e. The van der Waals surface area contributed by atoms with E-state index >= 15 is 0 Å². The van der Waals surface area contributed by atoms with Crippen LogP contribution in [-0.4, -0.2) is 58.1 Å². The van der Waals surface area contributed by atoms with Crippen molar-refractivity contribution in [2.75, 3.05) is 31.2 Å². The van der Waals surface area contributed by atoms with Crippen molar-refractivity contribution in [2.24, 2.45) is 0 Å². The van der Waals surface area contributed by atoms with Gasteiger partial charge in [0.1, 0.15) is 25.4 Å². The van der Waals surface area contributed by atoms with E-state index in [4.69, 9.17) is 19.6 Å². The van der Waals surface area contributed by atoms with Crippen LogP contribution in [0.25, 0.3) is 27.8 Å². The van der Waals surface area contributed by atoms with Crippen LogP contribution in [0.15, 0.2) is 48.8 Å². The predicted octanol–water partition coefficient (Wildman–Crippen LogP) is 3.58. The number of hydrogen-bond acceptors (Lipinski definition) is 6. The number of fused-ring (bicyclic) bond motifs is 3. The number of para-hydroxylation sites is 1. The number of carbonyl (C=O) groups is 1. The largest absolute Gasteiger partial charge is 0.486 e. The highest BCUT2D eigenvalue weighted by atomic mass is 16.6. The van der Waals surface area contributed by atoms with Gasteiger partial charge in [0.05, 0.1) is 22.2 Å². The topological polar surface area (TPSA) is 102 Å². The van der Waals surface area contributed by atoms with Crippen LogP contribution in [0.2, 0.25) is 0 Å². The number of carboxylic acid groups (broad SMARTS) is 1. The van der Waals surface area contributed by atoms with Crippen LogP contribution >= 0.6 is 0 Å². The molecule has 2 aromatic carbocycles. The first kappa shape index (κ1) is 19.7. The van der Waals surface area contributed by atoms with E-state index in [-0.39, 0.29) is 6.04 Å². The Balaban J connectivity index is 1.37. The molecule has 2 aliphatic rings. The average Bonchev–Trinajstić information content (AvgIpc) is 3.25. The van der Waals surface area contributed by atoms with E-state index in [9.17, 15) is 4.79 Å². The van der Waals surface area contributed by atoms with Crippen molar-refractivity contribution in [3.8, 4) is 17.3 Å². The van der Waals surface area contributed by atoms with Gasteiger partial charge in [0.25, 0.3) is 0 Å². The first-order chi connectivity index (χ1) is 16.2. The molecule has 0 atom stereocenters. The average molecular weight is 445 g/mol. The van der Waals surface area contributed by atoms with E-state index in [0.717, 1.165) is 65.1 Å². The van der Waals surface area contributed by atoms with Gasteiger partial charge < -0.3 is 24.8 Å². The molecule has 1 saturated heterocycles. The number of pyridine rings is 1. The lowest BCUT2D eigenvalue weighted by Gasteiger charge is -2.33. The molecule has 0 unspecified atom stereocenters. The number of piperidine rings is 1. The summed E-state index contributed by atoms with van der Waals surface area (Å²) in [5.74, 6) is 2.21. The third kappa shape index (κ3) is 3.55. The third-order valence-electron chi connectivity index (χ3n) is 6.31. The van der Waals surface area contributed by atoms with Crippen LogP contribution in [0, 0.1) is 0 Å². The number of anilines is 1. The van der Waals surface area contributed by atoms with Crippen molar-refractivity contribution in [3.63, 3.8) is 0 Å². The summed E-state index contributed by atoms with van der Waals surface area (Å²) in [6.07, 6.45) is 2.34. The zero-order valence-corrected chi connectivity index (χ0v) is 17.9. The second-order valence-electron chi connectivity index (χ2n) is 8.33. The van der Waals surface area contributed by atoms with Gasteiger partial charge in [-0.2, -0.15) is 0 Å². The fraction of sp³-hybridized carbons (Fsp3) is 0.292. The Bertz CT molecular complexity index is 1360. The van der Waals surface area contributed by atoms with Gasteiger partial charge in [0.2, 0.25) is 0 Å². The first-order valence-electron chi connectivity index (χ1n) is 11.1. The summed E-state index contributed by atoms with van der Waals surface area (Å²) < 4.78 is 13.4. The Morgan fingerprint density at radius 1 is 1.06 bits per heavy atom. The van der Waals surface area contributed by atoms with Gasteiger partial charge in [-0.3, -0.25) is 4.57 Å². The minimum Gasteiger partial charge on any atom is -0.486 e. The lowest BCUT2D eigenvalue weighted by molar-refractivity contribution is 0.172. The molecule has 1 amide bonds. The van der Waals surface area contributed by atoms with Crippen molar-refractivity contribution < 1.29 is 19.4 Å². The standard InChI is InChI=1S/C24H23N5O4/c30-24(31)26-16-6-8-28(9-7-16)18-3-1-2-15-4-5-22(27-23(15)18)29-14-25-17-12-20-21(13-19(17)29)33-11-10-32-20/h1-5,12-14,16,26H,6-11H2,(H,30,31). The highest BCUT2D eigenvalue weighted by Crippen LogP contribution is 2.35. The SMILES string of the molecule is O=C(O)NC1CCN(c2cccc3ccc(-n4cnc5cc6c(cc54)OCCO6)nc23)CC1. The highest BCUT2D eigenvalue weighted by Gasteiger charge is 2.22. The van der Waals surface area contributed by atoms with Gasteiger partial charge in [-0.15, -0.1) is 0 Å². The summed E-state index contributed by atoms with van der Waals surface area (Å²) in [6.45, 7) is 2.61. The van der Waals surface area contributed by atoms with Crippen LogP contribution in [0.5, 0.6) is 11.5 Å². The van der Waals surface area contributed by atoms with Gasteiger partial charge in [0.15, 0.2) is 11.5 Å². The summed E-state index contributed by atoms with van der Waals surface area (Å²) >= 11 is 0. The van der Waals surface area contributed by atoms with Gasteiger partial charge in [-0.25, -0.2) is 14.8 Å². The van der Waals surface area contributed by atoms with Gasteiger partial charge >= 0.3 is 6.09 Å². The lowest BCUT2D eigenvalue weighted by Crippen LogP contribution is -2.44. The van der Waals surface area contributed by atoms with E-state index < -0.39 is 6.09 Å². The molecule has 0 aliphatic carbocycles. The number of hydrogen-bond donors (Lipinski definition) is 2. The molecule has 9 heteroatoms. The lowest BCUT2D eigenvalue weighted by atomic mass is 10.0. The molecule has 0 radical (unpaired) electrons. The first-order valence-corrected chi connectivity index (χ1v) is 11.1. The Morgan fingerprint density at radius 2 is 1.85 bits per heavy atom. The molecule has 9 nitrogen and oxygen atoms in total. The molecular formula is C24H23N5O4. The van der Waals surface area contributed by atoms with Gasteiger partial charge in [-0.05, 0) is 31.0 Å². The summed E-state index contributed by atoms with van der Waals surface area (Å²) in [5, 5.41) is 12.7. The van der Waals surface area contributed by atoms with Gasteiger partial charge in [-0.1, -0.05) is 12.1 Å². The van der Waals surface area contributed by atoms with Crippen LogP contribution in [0.4, 0.5) is 10.5 Å². The van der Waals surface area contributed by atoms with E-state index in [1.807, 2.05) is 28.8 Å². The molecular weight excluding hydrogens is 422 g/mol. The quantitative estimate of drug-likeness (QED) is 0.497. The number of amides is 1. The summed E-state index contributed by atoms with van der Waals surface area (Å²) in [4.78, 5) is 22.8. The zero-order chi connectivity index (χ0) is 22.4. The van der Waals surface area contributed by atoms with Crippen LogP contribution < -0.4 is 19.7 Å². The molecule has 6 rings (SSSR count). The van der Waals surface area contributed by atoms with Crippen molar-refractivity contribution in [1.29, 1.82) is 0 Å². The molecule has 4 heterocycles. The Labute approximate surface area is 189 Å². The Kier molecular flexibility index (Phi) is 4.67. The molecule has 1 fully saturated rings. The Morgan fingerprint density at radius 3 is 2.64 bits per heavy atom. The molecule has 0 bridgehead atoms. The van der Waals surface area contributed by atoms with Gasteiger partial charge in [0, 0.05) is 36.7 Å². The van der Waals surface area contributed by atoms with E-state index in [2.05, 4.69) is 33.4 Å². The molecule has 4 aromatic rings. The van der Waals surface area contributed by atoms with E-state index in [1.54, 1.807) is 6.33 Å². The number of imidazole rings is 1. The number of aromatic nitrogens is 3. The van der Waals surface area contributed by atoms with E-state index in [0.29, 0.717) is 19.0 Å². The highest BCUT2D eigenvalue weighted by molar-refractivity contribution is 5.92. The monoisotopic (exact) mass is 445 g/mol. The number of ether oxygens (including phenoxy) is 2. The summed E-state index contributed by atoms with van der Waals surface area (Å²) in [5.41, 5.74) is 3.70. The van der Waals surface area contributed by atoms with Crippen LogP contribution in [0.1, 0.15) is 12.8 Å². The second-order valence-corrected chi connectivity index (χ2v) is 8.33. The summed E-state index contributed by atoms with van der Waals surface area (Å²) in [6, 6.07) is 14.1. The molecule has 0 spiro atoms. The number of benzene rings is 2. The van der Waals surface area contributed by atoms with E-state index in [1.165, 1.54) is 0 Å². The molecule has 168 valence electrons. The summed E-state index contributed by atoms with van der Waals surface area (Å²) in [7, 11) is 0. The number of nitrogens with one attached hydrogen (secondary N) is 1. The number of rotatable bonds is 3. The third-order valence-corrected chi connectivity index (χ3v) is 6.31. The van der Waals surface area contributed by atoms with Crippen molar-refractivity contribution in [3.05, 3.63) is 48.8 Å². The minimum absolute atomic E-state index is 0.00770. The molecule has 33 heavy (non-hydrogen) atoms. The van der Waals surface area contributed by atoms with Crippen LogP contribution in [0.3, 0.4) is 0 Å². The second kappa shape index (κ2) is 7.84. The number of nitrogens with zero attached hydrogens (tertiary/aromatic N) is 4. The normalized spacial score (nSPS) is 16.3. The fourth-order valence-corrected chi connectivity index (χ4v) is 4.68. The smallest absolute Gasteiger partial charge is 0.404 e. The van der Waals surface area contributed by atoms with Crippen molar-refractivity contribution >= 4 is 33.7 Å². The maximum absolute atomic E-state index is 11.0. The predicted molar refractivity (Wildman–Crippen MR) is 124 cm³/mol. The van der Waals surface area contributed by atoms with Crippen LogP contribution in [-0.2, 0) is 0 Å². The molecule has 2 aliphatic heterocycles. The zero-order valence-electron chi connectivity index (χ0n) is 17.9.